The molecule has 4 nitrogen and oxygen atoms in total. The van der Waals surface area contributed by atoms with Gasteiger partial charge in [-0.15, -0.1) is 0 Å². The Labute approximate surface area is 118 Å². The van der Waals surface area contributed by atoms with Crippen LogP contribution >= 0.6 is 0 Å². The van der Waals surface area contributed by atoms with Crippen molar-refractivity contribution in [1.29, 1.82) is 0 Å². The van der Waals surface area contributed by atoms with Gasteiger partial charge in [0.25, 0.3) is 5.91 Å². The van der Waals surface area contributed by atoms with Crippen molar-refractivity contribution >= 4 is 5.91 Å². The van der Waals surface area contributed by atoms with Gasteiger partial charge < -0.3 is 9.80 Å². The summed E-state index contributed by atoms with van der Waals surface area (Å²) in [4.78, 5) is 14.6. The third kappa shape index (κ3) is 2.99. The molecule has 3 aliphatic heterocycles. The first-order valence-corrected chi connectivity index (χ1v) is 7.24. The molecule has 0 aliphatic carbocycles. The zero-order valence-corrected chi connectivity index (χ0v) is 11.6. The first-order chi connectivity index (χ1) is 9.65. The summed E-state index contributed by atoms with van der Waals surface area (Å²) in [5.41, 5.74) is 0.934. The molecule has 4 rings (SSSR count). The molecule has 3 heterocycles. The van der Waals surface area contributed by atoms with E-state index in [-0.39, 0.29) is 11.7 Å². The zero-order valence-electron chi connectivity index (χ0n) is 11.6. The standard InChI is InChI=1S/C15H20FN3O/c16-14-3-1-13(2-4-14)11-17-15(20)12-19-8-5-18(6-9-19)7-10-19/h1-4H,5-12H2/p+1. The molecule has 20 heavy (non-hydrogen) atoms. The van der Waals surface area contributed by atoms with Gasteiger partial charge in [0.2, 0.25) is 0 Å². The van der Waals surface area contributed by atoms with Crippen molar-refractivity contribution in [3.8, 4) is 0 Å². The lowest BCUT2D eigenvalue weighted by molar-refractivity contribution is -0.933. The summed E-state index contributed by atoms with van der Waals surface area (Å²) < 4.78 is 13.7. The SMILES string of the molecule is O=C(C[N+]12CCN(CC1)CC2)NCc1ccc(F)cc1. The van der Waals surface area contributed by atoms with Gasteiger partial charge in [-0.2, -0.15) is 0 Å². The molecule has 3 aliphatic rings. The Morgan fingerprint density at radius 2 is 1.75 bits per heavy atom. The van der Waals surface area contributed by atoms with Crippen LogP contribution in [0.3, 0.4) is 0 Å². The van der Waals surface area contributed by atoms with Crippen molar-refractivity contribution in [1.82, 2.24) is 10.2 Å². The molecule has 0 aromatic heterocycles. The van der Waals surface area contributed by atoms with Crippen LogP contribution in [0.25, 0.3) is 0 Å². The van der Waals surface area contributed by atoms with Gasteiger partial charge in [-0.1, -0.05) is 12.1 Å². The van der Waals surface area contributed by atoms with Crippen LogP contribution in [0.2, 0.25) is 0 Å². The van der Waals surface area contributed by atoms with Crippen LogP contribution < -0.4 is 5.32 Å². The topological polar surface area (TPSA) is 32.3 Å². The van der Waals surface area contributed by atoms with Crippen LogP contribution in [0.5, 0.6) is 0 Å². The average molecular weight is 278 g/mol. The fraction of sp³-hybridized carbons (Fsp3) is 0.533. The van der Waals surface area contributed by atoms with E-state index >= 15 is 0 Å². The number of fused-ring (bicyclic) bond motifs is 3. The number of quaternary nitrogens is 1. The van der Waals surface area contributed by atoms with Crippen molar-refractivity contribution in [3.63, 3.8) is 0 Å². The lowest BCUT2D eigenvalue weighted by Gasteiger charge is -2.50. The van der Waals surface area contributed by atoms with E-state index < -0.39 is 0 Å². The largest absolute Gasteiger partial charge is 0.347 e. The Bertz CT molecular complexity index is 467. The lowest BCUT2D eigenvalue weighted by atomic mass is 10.1. The number of nitrogens with zero attached hydrogens (tertiary/aromatic N) is 2. The highest BCUT2D eigenvalue weighted by Gasteiger charge is 2.39. The van der Waals surface area contributed by atoms with Gasteiger partial charge in [-0.25, -0.2) is 4.39 Å². The Kier molecular flexibility index (Phi) is 3.72. The number of piperazine rings is 3. The van der Waals surface area contributed by atoms with Crippen molar-refractivity contribution < 1.29 is 13.7 Å². The number of halogens is 1. The van der Waals surface area contributed by atoms with E-state index in [0.29, 0.717) is 13.1 Å². The molecule has 3 saturated heterocycles. The van der Waals surface area contributed by atoms with E-state index in [0.717, 1.165) is 49.3 Å². The van der Waals surface area contributed by atoms with Crippen LogP contribution in [-0.4, -0.2) is 61.1 Å². The molecule has 0 unspecified atom stereocenters. The summed E-state index contributed by atoms with van der Waals surface area (Å²) in [6, 6.07) is 6.27. The Hall–Kier alpha value is -1.46. The molecule has 2 bridgehead atoms. The van der Waals surface area contributed by atoms with E-state index in [1.54, 1.807) is 12.1 Å². The third-order valence-electron chi connectivity index (χ3n) is 4.55. The highest BCUT2D eigenvalue weighted by atomic mass is 19.1. The predicted molar refractivity (Wildman–Crippen MR) is 74.4 cm³/mol. The maximum absolute atomic E-state index is 12.8. The Morgan fingerprint density at radius 1 is 1.15 bits per heavy atom. The number of carbonyl (C=O) groups excluding carboxylic acids is 1. The minimum Gasteiger partial charge on any atom is -0.347 e. The van der Waals surface area contributed by atoms with Gasteiger partial charge in [-0.3, -0.25) is 9.69 Å². The number of hydrogen-bond acceptors (Lipinski definition) is 2. The summed E-state index contributed by atoms with van der Waals surface area (Å²) in [6.45, 7) is 7.67. The van der Waals surface area contributed by atoms with Crippen molar-refractivity contribution in [2.24, 2.45) is 0 Å². The first kappa shape index (κ1) is 13.5. The second-order valence-electron chi connectivity index (χ2n) is 5.92. The van der Waals surface area contributed by atoms with E-state index in [9.17, 15) is 9.18 Å². The fourth-order valence-electron chi connectivity index (χ4n) is 3.13. The summed E-state index contributed by atoms with van der Waals surface area (Å²) >= 11 is 0. The van der Waals surface area contributed by atoms with Crippen LogP contribution in [0.15, 0.2) is 24.3 Å². The van der Waals surface area contributed by atoms with Crippen molar-refractivity contribution in [2.45, 2.75) is 6.54 Å². The highest BCUT2D eigenvalue weighted by molar-refractivity contribution is 5.77. The molecule has 5 heteroatoms. The molecular weight excluding hydrogens is 257 g/mol. The number of hydrogen-bond donors (Lipinski definition) is 1. The highest BCUT2D eigenvalue weighted by Crippen LogP contribution is 2.18. The lowest BCUT2D eigenvalue weighted by Crippen LogP contribution is -2.69. The second kappa shape index (κ2) is 5.50. The molecule has 1 aromatic rings. The molecular formula is C15H21FN3O+. The maximum Gasteiger partial charge on any atom is 0.275 e. The normalized spacial score (nSPS) is 28.4. The summed E-state index contributed by atoms with van der Waals surface area (Å²) in [6.07, 6.45) is 0. The van der Waals surface area contributed by atoms with Crippen LogP contribution in [0.4, 0.5) is 4.39 Å². The number of carbonyl (C=O) groups is 1. The quantitative estimate of drug-likeness (QED) is 0.818. The second-order valence-corrected chi connectivity index (χ2v) is 5.92. The van der Waals surface area contributed by atoms with Gasteiger partial charge in [0, 0.05) is 26.2 Å². The summed E-state index contributed by atoms with van der Waals surface area (Å²) in [5, 5.41) is 2.95. The maximum atomic E-state index is 12.8. The molecule has 1 N–H and O–H groups in total. The van der Waals surface area contributed by atoms with Crippen LogP contribution in [0, 0.1) is 5.82 Å². The van der Waals surface area contributed by atoms with E-state index in [2.05, 4.69) is 10.2 Å². The predicted octanol–water partition coefficient (Wildman–Crippen LogP) is 0.588. The summed E-state index contributed by atoms with van der Waals surface area (Å²) in [5.74, 6) is -0.144. The molecule has 0 atom stereocenters. The minimum absolute atomic E-state index is 0.102. The summed E-state index contributed by atoms with van der Waals surface area (Å²) in [7, 11) is 0. The van der Waals surface area contributed by atoms with Gasteiger partial charge in [0.1, 0.15) is 5.82 Å². The van der Waals surface area contributed by atoms with Crippen molar-refractivity contribution in [3.05, 3.63) is 35.6 Å². The molecule has 1 amide bonds. The first-order valence-electron chi connectivity index (χ1n) is 7.24. The molecule has 1 aromatic carbocycles. The molecule has 0 radical (unpaired) electrons. The number of nitrogens with one attached hydrogen (secondary N) is 1. The van der Waals surface area contributed by atoms with Gasteiger partial charge in [-0.05, 0) is 17.7 Å². The third-order valence-corrected chi connectivity index (χ3v) is 4.55. The van der Waals surface area contributed by atoms with E-state index in [4.69, 9.17) is 0 Å². The number of rotatable bonds is 4. The van der Waals surface area contributed by atoms with Crippen molar-refractivity contribution in [2.75, 3.05) is 45.8 Å². The van der Waals surface area contributed by atoms with Gasteiger partial charge >= 0.3 is 0 Å². The van der Waals surface area contributed by atoms with E-state index in [1.807, 2.05) is 0 Å². The smallest absolute Gasteiger partial charge is 0.275 e. The monoisotopic (exact) mass is 278 g/mol. The van der Waals surface area contributed by atoms with Crippen LogP contribution in [0.1, 0.15) is 5.56 Å². The van der Waals surface area contributed by atoms with E-state index in [1.165, 1.54) is 12.1 Å². The Morgan fingerprint density at radius 3 is 2.35 bits per heavy atom. The Balaban J connectivity index is 1.51. The fourth-order valence-corrected chi connectivity index (χ4v) is 3.13. The van der Waals surface area contributed by atoms with Crippen LogP contribution in [-0.2, 0) is 11.3 Å². The molecule has 0 spiro atoms. The molecule has 108 valence electrons. The van der Waals surface area contributed by atoms with Gasteiger partial charge in [0.05, 0.1) is 19.6 Å². The minimum atomic E-state index is -0.246. The zero-order chi connectivity index (χ0) is 14.0. The number of amides is 1. The average Bonchev–Trinajstić information content (AvgIpc) is 2.48. The number of benzene rings is 1. The van der Waals surface area contributed by atoms with Gasteiger partial charge in [0.15, 0.2) is 6.54 Å². The molecule has 3 fully saturated rings. The molecule has 0 saturated carbocycles.